The zero-order chi connectivity index (χ0) is 12.8. The van der Waals surface area contributed by atoms with E-state index in [1.165, 1.54) is 76.9 Å². The predicted octanol–water partition coefficient (Wildman–Crippen LogP) is 4.99. The van der Waals surface area contributed by atoms with Crippen molar-refractivity contribution in [3.63, 3.8) is 0 Å². The van der Waals surface area contributed by atoms with Crippen LogP contribution < -0.4 is 0 Å². The second kappa shape index (κ2) is 7.31. The average molecular weight is 250 g/mol. The highest BCUT2D eigenvalue weighted by Crippen LogP contribution is 2.45. The molecule has 0 aromatic carbocycles. The van der Waals surface area contributed by atoms with Crippen molar-refractivity contribution in [1.29, 1.82) is 0 Å². The van der Waals surface area contributed by atoms with E-state index in [9.17, 15) is 4.79 Å². The van der Waals surface area contributed by atoms with Gasteiger partial charge in [-0.05, 0) is 49.9 Å². The van der Waals surface area contributed by atoms with Crippen LogP contribution in [0.3, 0.4) is 0 Å². The maximum Gasteiger partial charge on any atom is 0.123 e. The smallest absolute Gasteiger partial charge is 0.123 e. The first-order valence-electron chi connectivity index (χ1n) is 8.28. The van der Waals surface area contributed by atoms with Gasteiger partial charge in [0.05, 0.1) is 0 Å². The Morgan fingerprint density at radius 2 is 1.72 bits per heavy atom. The van der Waals surface area contributed by atoms with Crippen LogP contribution in [-0.4, -0.2) is 6.29 Å². The first kappa shape index (κ1) is 14.1. The number of carbonyl (C=O) groups excluding carboxylic acids is 1. The van der Waals surface area contributed by atoms with Crippen molar-refractivity contribution in [2.75, 3.05) is 0 Å². The van der Waals surface area contributed by atoms with Crippen LogP contribution >= 0.6 is 0 Å². The minimum absolute atomic E-state index is 0.396. The van der Waals surface area contributed by atoms with Crippen molar-refractivity contribution in [2.24, 2.45) is 23.7 Å². The topological polar surface area (TPSA) is 17.1 Å². The van der Waals surface area contributed by atoms with Gasteiger partial charge in [-0.3, -0.25) is 0 Å². The van der Waals surface area contributed by atoms with Gasteiger partial charge in [-0.2, -0.15) is 0 Å². The summed E-state index contributed by atoms with van der Waals surface area (Å²) in [6, 6.07) is 0. The lowest BCUT2D eigenvalue weighted by molar-refractivity contribution is -0.113. The Bertz CT molecular complexity index is 248. The molecule has 1 heteroatoms. The molecule has 0 amide bonds. The summed E-state index contributed by atoms with van der Waals surface area (Å²) in [5.41, 5.74) is 0. The second-order valence-electron chi connectivity index (χ2n) is 6.76. The van der Waals surface area contributed by atoms with Gasteiger partial charge in [-0.1, -0.05) is 45.4 Å². The molecule has 0 bridgehead atoms. The molecule has 0 radical (unpaired) electrons. The molecule has 2 fully saturated rings. The molecule has 2 saturated carbocycles. The maximum absolute atomic E-state index is 10.9. The molecule has 2 rings (SSSR count). The molecule has 2 aliphatic carbocycles. The number of unbranched alkanes of at least 4 members (excludes halogenated alkanes) is 3. The van der Waals surface area contributed by atoms with Crippen LogP contribution in [0.25, 0.3) is 0 Å². The van der Waals surface area contributed by atoms with Crippen molar-refractivity contribution in [3.8, 4) is 0 Å². The van der Waals surface area contributed by atoms with E-state index in [2.05, 4.69) is 6.92 Å². The zero-order valence-electron chi connectivity index (χ0n) is 12.1. The fraction of sp³-hybridized carbons (Fsp3) is 0.941. The van der Waals surface area contributed by atoms with E-state index in [-0.39, 0.29) is 0 Å². The molecule has 2 aliphatic rings. The van der Waals surface area contributed by atoms with Crippen LogP contribution in [-0.2, 0) is 4.79 Å². The van der Waals surface area contributed by atoms with Crippen molar-refractivity contribution >= 4 is 6.29 Å². The summed E-state index contributed by atoms with van der Waals surface area (Å²) in [6.07, 6.45) is 16.4. The van der Waals surface area contributed by atoms with E-state index in [0.29, 0.717) is 5.92 Å². The first-order chi connectivity index (χ1) is 8.83. The van der Waals surface area contributed by atoms with Gasteiger partial charge in [-0.15, -0.1) is 0 Å². The van der Waals surface area contributed by atoms with Crippen LogP contribution in [0.4, 0.5) is 0 Å². The van der Waals surface area contributed by atoms with Crippen LogP contribution in [0, 0.1) is 23.7 Å². The third kappa shape index (κ3) is 3.83. The van der Waals surface area contributed by atoms with Crippen molar-refractivity contribution in [1.82, 2.24) is 0 Å². The van der Waals surface area contributed by atoms with Gasteiger partial charge in [0.25, 0.3) is 0 Å². The van der Waals surface area contributed by atoms with Gasteiger partial charge in [-0.25, -0.2) is 0 Å². The van der Waals surface area contributed by atoms with Gasteiger partial charge in [0.2, 0.25) is 0 Å². The molecule has 0 aromatic rings. The van der Waals surface area contributed by atoms with E-state index in [1.54, 1.807) is 0 Å². The van der Waals surface area contributed by atoms with E-state index in [4.69, 9.17) is 0 Å². The lowest BCUT2D eigenvalue weighted by atomic mass is 9.64. The Labute approximate surface area is 113 Å². The molecule has 4 unspecified atom stereocenters. The summed E-state index contributed by atoms with van der Waals surface area (Å²) >= 11 is 0. The molecule has 0 N–H and O–H groups in total. The highest BCUT2D eigenvalue weighted by Gasteiger charge is 2.35. The molecule has 18 heavy (non-hydrogen) atoms. The number of carbonyl (C=O) groups is 1. The van der Waals surface area contributed by atoms with Gasteiger partial charge < -0.3 is 4.79 Å². The highest BCUT2D eigenvalue weighted by atomic mass is 16.1. The molecule has 0 aliphatic heterocycles. The summed E-state index contributed by atoms with van der Waals surface area (Å²) in [5, 5.41) is 0. The van der Waals surface area contributed by atoms with Crippen LogP contribution in [0.5, 0.6) is 0 Å². The van der Waals surface area contributed by atoms with E-state index in [1.807, 2.05) is 0 Å². The van der Waals surface area contributed by atoms with Crippen molar-refractivity contribution < 1.29 is 4.79 Å². The Morgan fingerprint density at radius 1 is 0.944 bits per heavy atom. The fourth-order valence-corrected chi connectivity index (χ4v) is 4.27. The molecular formula is C17H30O. The lowest BCUT2D eigenvalue weighted by Gasteiger charge is -2.41. The second-order valence-corrected chi connectivity index (χ2v) is 6.76. The molecule has 0 spiro atoms. The van der Waals surface area contributed by atoms with Gasteiger partial charge in [0.15, 0.2) is 0 Å². The van der Waals surface area contributed by atoms with Gasteiger partial charge in [0.1, 0.15) is 6.29 Å². The van der Waals surface area contributed by atoms with E-state index in [0.717, 1.165) is 17.8 Å². The quantitative estimate of drug-likeness (QED) is 0.479. The Balaban J connectivity index is 1.69. The van der Waals surface area contributed by atoms with E-state index < -0.39 is 0 Å². The van der Waals surface area contributed by atoms with Crippen LogP contribution in [0.2, 0.25) is 0 Å². The molecule has 4 atom stereocenters. The first-order valence-corrected chi connectivity index (χ1v) is 8.28. The minimum Gasteiger partial charge on any atom is -0.303 e. The Morgan fingerprint density at radius 3 is 2.50 bits per heavy atom. The Kier molecular flexibility index (Phi) is 5.72. The van der Waals surface area contributed by atoms with Gasteiger partial charge in [0, 0.05) is 5.92 Å². The number of hydrogen-bond donors (Lipinski definition) is 0. The minimum atomic E-state index is 0.396. The number of fused-ring (bicyclic) bond motifs is 1. The summed E-state index contributed by atoms with van der Waals surface area (Å²) in [4.78, 5) is 10.9. The molecule has 104 valence electrons. The normalized spacial score (nSPS) is 36.1. The summed E-state index contributed by atoms with van der Waals surface area (Å²) in [5.74, 6) is 3.26. The number of hydrogen-bond acceptors (Lipinski definition) is 1. The summed E-state index contributed by atoms with van der Waals surface area (Å²) in [7, 11) is 0. The zero-order valence-corrected chi connectivity index (χ0v) is 12.1. The fourth-order valence-electron chi connectivity index (χ4n) is 4.27. The standard InChI is InChI=1S/C17H30O/c1-2-3-4-5-6-14-7-9-17-12-15(13-18)8-10-16(17)11-14/h13-17H,2-12H2,1H3. The average Bonchev–Trinajstić information content (AvgIpc) is 2.43. The molecule has 0 heterocycles. The largest absolute Gasteiger partial charge is 0.303 e. The lowest BCUT2D eigenvalue weighted by Crippen LogP contribution is -2.31. The van der Waals surface area contributed by atoms with Crippen molar-refractivity contribution in [3.05, 3.63) is 0 Å². The number of aldehydes is 1. The third-order valence-electron chi connectivity index (χ3n) is 5.42. The van der Waals surface area contributed by atoms with Gasteiger partial charge >= 0.3 is 0 Å². The SMILES string of the molecule is CCCCCCC1CCC2CC(C=O)CCC2C1. The molecule has 0 saturated heterocycles. The predicted molar refractivity (Wildman–Crippen MR) is 76.5 cm³/mol. The summed E-state index contributed by atoms with van der Waals surface area (Å²) in [6.45, 7) is 2.29. The molecular weight excluding hydrogens is 220 g/mol. The Hall–Kier alpha value is -0.330. The maximum atomic E-state index is 10.9. The summed E-state index contributed by atoms with van der Waals surface area (Å²) < 4.78 is 0. The van der Waals surface area contributed by atoms with Crippen LogP contribution in [0.15, 0.2) is 0 Å². The van der Waals surface area contributed by atoms with Crippen LogP contribution in [0.1, 0.15) is 77.6 Å². The van der Waals surface area contributed by atoms with E-state index >= 15 is 0 Å². The van der Waals surface area contributed by atoms with Crippen molar-refractivity contribution in [2.45, 2.75) is 77.6 Å². The highest BCUT2D eigenvalue weighted by molar-refractivity contribution is 5.53. The number of rotatable bonds is 6. The molecule has 1 nitrogen and oxygen atoms in total. The third-order valence-corrected chi connectivity index (χ3v) is 5.42. The molecule has 0 aromatic heterocycles. The monoisotopic (exact) mass is 250 g/mol.